The molecule has 2 heterocycles. The number of piperazine rings is 1. The lowest BCUT2D eigenvalue weighted by molar-refractivity contribution is -0.131. The number of aryl methyl sites for hydroxylation is 2. The van der Waals surface area contributed by atoms with Crippen LogP contribution in [0.1, 0.15) is 16.7 Å². The van der Waals surface area contributed by atoms with Gasteiger partial charge >= 0.3 is 0 Å². The Morgan fingerprint density at radius 3 is 2.47 bits per heavy atom. The quantitative estimate of drug-likeness (QED) is 0.637. The summed E-state index contributed by atoms with van der Waals surface area (Å²) < 4.78 is 46.3. The number of hydrogen-bond acceptors (Lipinski definition) is 4. The Morgan fingerprint density at radius 1 is 1.07 bits per heavy atom. The van der Waals surface area contributed by atoms with Crippen LogP contribution in [0.25, 0.3) is 11.0 Å². The summed E-state index contributed by atoms with van der Waals surface area (Å²) in [7, 11) is -3.92. The maximum absolute atomic E-state index is 14.0. The van der Waals surface area contributed by atoms with Gasteiger partial charge in [0, 0.05) is 37.1 Å². The molecule has 30 heavy (non-hydrogen) atoms. The first-order chi connectivity index (χ1) is 14.3. The smallest absolute Gasteiger partial charge is 0.246 e. The minimum Gasteiger partial charge on any atom is -0.464 e. The van der Waals surface area contributed by atoms with Gasteiger partial charge in [0.25, 0.3) is 0 Å². The van der Waals surface area contributed by atoms with Crippen molar-refractivity contribution in [1.29, 1.82) is 0 Å². The summed E-state index contributed by atoms with van der Waals surface area (Å²) in [6.45, 7) is 4.79. The molecular formula is C22H23FN2O4S. The van der Waals surface area contributed by atoms with E-state index in [2.05, 4.69) is 0 Å². The molecule has 1 saturated heterocycles. The number of sulfonamides is 1. The largest absolute Gasteiger partial charge is 0.464 e. The highest BCUT2D eigenvalue weighted by atomic mass is 32.2. The average Bonchev–Trinajstić information content (AvgIpc) is 3.14. The van der Waals surface area contributed by atoms with E-state index in [4.69, 9.17) is 4.42 Å². The first-order valence-corrected chi connectivity index (χ1v) is 11.2. The fourth-order valence-electron chi connectivity index (χ4n) is 3.77. The predicted octanol–water partition coefficient (Wildman–Crippen LogP) is 3.26. The summed E-state index contributed by atoms with van der Waals surface area (Å²) in [5.41, 5.74) is 3.79. The number of fused-ring (bicyclic) bond motifs is 1. The molecule has 0 bridgehead atoms. The van der Waals surface area contributed by atoms with Crippen LogP contribution < -0.4 is 0 Å². The first-order valence-electron chi connectivity index (χ1n) is 9.78. The molecule has 8 heteroatoms. The second-order valence-electron chi connectivity index (χ2n) is 7.54. The van der Waals surface area contributed by atoms with Gasteiger partial charge in [-0.1, -0.05) is 24.3 Å². The number of furan rings is 1. The van der Waals surface area contributed by atoms with Gasteiger partial charge in [-0.15, -0.1) is 0 Å². The Bertz CT molecular complexity index is 1210. The van der Waals surface area contributed by atoms with Gasteiger partial charge in [-0.05, 0) is 37.1 Å². The molecule has 0 radical (unpaired) electrons. The van der Waals surface area contributed by atoms with E-state index in [0.29, 0.717) is 0 Å². The Labute approximate surface area is 174 Å². The minimum atomic E-state index is -3.92. The molecule has 158 valence electrons. The maximum atomic E-state index is 14.0. The molecular weight excluding hydrogens is 407 g/mol. The van der Waals surface area contributed by atoms with Crippen molar-refractivity contribution < 1.29 is 22.0 Å². The van der Waals surface area contributed by atoms with Crippen LogP contribution in [0.5, 0.6) is 0 Å². The summed E-state index contributed by atoms with van der Waals surface area (Å²) in [6, 6.07) is 9.30. The lowest BCUT2D eigenvalue weighted by atomic mass is 10.0. The highest BCUT2D eigenvalue weighted by molar-refractivity contribution is 7.89. The lowest BCUT2D eigenvalue weighted by Crippen LogP contribution is -2.51. The highest BCUT2D eigenvalue weighted by Gasteiger charge is 2.32. The van der Waals surface area contributed by atoms with E-state index >= 15 is 0 Å². The van der Waals surface area contributed by atoms with Crippen molar-refractivity contribution in [3.8, 4) is 0 Å². The highest BCUT2D eigenvalue weighted by Crippen LogP contribution is 2.27. The van der Waals surface area contributed by atoms with Gasteiger partial charge < -0.3 is 9.32 Å². The van der Waals surface area contributed by atoms with Gasteiger partial charge in [0.05, 0.1) is 12.7 Å². The molecule has 0 N–H and O–H groups in total. The standard InChI is InChI=1S/C22H23FN2O4S/c1-15-7-8-18-17(14-29-22(18)16(15)2)13-21(26)24-9-11-25(12-10-24)30(27,28)20-6-4-3-5-19(20)23/h3-8,14H,9-13H2,1-2H3. The zero-order valence-corrected chi connectivity index (χ0v) is 17.7. The van der Waals surface area contributed by atoms with Gasteiger partial charge in [0.2, 0.25) is 15.9 Å². The molecule has 1 aliphatic heterocycles. The van der Waals surface area contributed by atoms with E-state index in [0.717, 1.165) is 33.7 Å². The van der Waals surface area contributed by atoms with E-state index in [9.17, 15) is 17.6 Å². The van der Waals surface area contributed by atoms with E-state index in [1.807, 2.05) is 26.0 Å². The molecule has 4 rings (SSSR count). The number of carbonyl (C=O) groups excluding carboxylic acids is 1. The first kappa shape index (κ1) is 20.6. The van der Waals surface area contributed by atoms with Crippen molar-refractivity contribution in [2.45, 2.75) is 25.2 Å². The molecule has 0 saturated carbocycles. The summed E-state index contributed by atoms with van der Waals surface area (Å²) in [5, 5.41) is 0.923. The Balaban J connectivity index is 1.44. The number of carbonyl (C=O) groups is 1. The van der Waals surface area contributed by atoms with Crippen LogP contribution in [0.2, 0.25) is 0 Å². The second kappa shape index (κ2) is 7.85. The molecule has 2 aromatic carbocycles. The SMILES string of the molecule is Cc1ccc2c(CC(=O)N3CCN(S(=O)(=O)c4ccccc4F)CC3)coc2c1C. The molecule has 1 aliphatic rings. The predicted molar refractivity (Wildman–Crippen MR) is 111 cm³/mol. The van der Waals surface area contributed by atoms with Gasteiger partial charge in [0.1, 0.15) is 16.3 Å². The Kier molecular flexibility index (Phi) is 5.38. The van der Waals surface area contributed by atoms with Crippen molar-refractivity contribution in [3.63, 3.8) is 0 Å². The number of rotatable bonds is 4. The molecule has 6 nitrogen and oxygen atoms in total. The monoisotopic (exact) mass is 430 g/mol. The zero-order chi connectivity index (χ0) is 21.5. The lowest BCUT2D eigenvalue weighted by Gasteiger charge is -2.34. The van der Waals surface area contributed by atoms with Crippen LogP contribution in [0, 0.1) is 19.7 Å². The zero-order valence-electron chi connectivity index (χ0n) is 16.9. The number of hydrogen-bond donors (Lipinski definition) is 0. The summed E-state index contributed by atoms with van der Waals surface area (Å²) in [4.78, 5) is 14.1. The fourth-order valence-corrected chi connectivity index (χ4v) is 5.26. The number of benzene rings is 2. The van der Waals surface area contributed by atoms with Crippen molar-refractivity contribution >= 4 is 26.9 Å². The van der Waals surface area contributed by atoms with E-state index < -0.39 is 15.8 Å². The van der Waals surface area contributed by atoms with Gasteiger partial charge in [-0.3, -0.25) is 4.79 Å². The van der Waals surface area contributed by atoms with E-state index in [1.54, 1.807) is 11.2 Å². The van der Waals surface area contributed by atoms with Crippen molar-refractivity contribution in [3.05, 3.63) is 65.2 Å². The van der Waals surface area contributed by atoms with Crippen molar-refractivity contribution in [2.75, 3.05) is 26.2 Å². The van der Waals surface area contributed by atoms with Gasteiger partial charge in [-0.25, -0.2) is 12.8 Å². The van der Waals surface area contributed by atoms with E-state index in [-0.39, 0.29) is 43.4 Å². The van der Waals surface area contributed by atoms with Crippen LogP contribution in [0.4, 0.5) is 4.39 Å². The summed E-state index contributed by atoms with van der Waals surface area (Å²) in [6.07, 6.45) is 1.81. The van der Waals surface area contributed by atoms with Crippen LogP contribution in [-0.2, 0) is 21.2 Å². The third-order valence-corrected chi connectivity index (χ3v) is 7.66. The number of halogens is 1. The topological polar surface area (TPSA) is 70.8 Å². The molecule has 0 aliphatic carbocycles. The van der Waals surface area contributed by atoms with Crippen molar-refractivity contribution in [2.24, 2.45) is 0 Å². The normalized spacial score (nSPS) is 15.6. The summed E-state index contributed by atoms with van der Waals surface area (Å²) >= 11 is 0. The molecule has 3 aromatic rings. The Hall–Kier alpha value is -2.71. The fraction of sp³-hybridized carbons (Fsp3) is 0.318. The number of nitrogens with zero attached hydrogens (tertiary/aromatic N) is 2. The second-order valence-corrected chi connectivity index (χ2v) is 9.44. The maximum Gasteiger partial charge on any atom is 0.246 e. The van der Waals surface area contributed by atoms with Crippen LogP contribution in [0.3, 0.4) is 0 Å². The molecule has 0 atom stereocenters. The molecule has 1 amide bonds. The average molecular weight is 431 g/mol. The van der Waals surface area contributed by atoms with Crippen LogP contribution in [-0.4, -0.2) is 49.7 Å². The Morgan fingerprint density at radius 2 is 1.77 bits per heavy atom. The molecule has 0 unspecified atom stereocenters. The number of amides is 1. The molecule has 1 fully saturated rings. The van der Waals surface area contributed by atoms with Crippen LogP contribution in [0.15, 0.2) is 52.0 Å². The third-order valence-electron chi connectivity index (χ3n) is 5.73. The minimum absolute atomic E-state index is 0.0844. The van der Waals surface area contributed by atoms with Crippen molar-refractivity contribution in [1.82, 2.24) is 9.21 Å². The van der Waals surface area contributed by atoms with Gasteiger partial charge in [-0.2, -0.15) is 4.31 Å². The third kappa shape index (κ3) is 3.61. The molecule has 0 spiro atoms. The van der Waals surface area contributed by atoms with Gasteiger partial charge in [0.15, 0.2) is 0 Å². The summed E-state index contributed by atoms with van der Waals surface area (Å²) in [5.74, 6) is -0.854. The van der Waals surface area contributed by atoms with E-state index in [1.165, 1.54) is 22.5 Å². The molecule has 1 aromatic heterocycles. The van der Waals surface area contributed by atoms with Crippen LogP contribution >= 0.6 is 0 Å².